The number of benzene rings is 1. The minimum absolute atomic E-state index is 0.0165. The van der Waals surface area contributed by atoms with Gasteiger partial charge < -0.3 is 5.32 Å². The zero-order valence-corrected chi connectivity index (χ0v) is 15.8. The molecule has 0 unspecified atom stereocenters. The number of aryl methyl sites for hydroxylation is 1. The summed E-state index contributed by atoms with van der Waals surface area (Å²) < 4.78 is 24.2. The molecule has 132 valence electrons. The summed E-state index contributed by atoms with van der Waals surface area (Å²) in [5.74, 6) is -0.326. The van der Waals surface area contributed by atoms with Crippen LogP contribution in [0.2, 0.25) is 0 Å². The average Bonchev–Trinajstić information content (AvgIpc) is 2.81. The van der Waals surface area contributed by atoms with Crippen LogP contribution in [-0.4, -0.2) is 20.1 Å². The number of rotatable bonds is 7. The summed E-state index contributed by atoms with van der Waals surface area (Å²) in [6, 6.07) is 11.1. The minimum Gasteiger partial charge on any atom is -0.317 e. The second-order valence-electron chi connectivity index (χ2n) is 5.83. The number of thiophene rings is 1. The minimum atomic E-state index is -3.25. The molecule has 25 heavy (non-hydrogen) atoms. The van der Waals surface area contributed by atoms with Crippen LogP contribution in [0.25, 0.3) is 0 Å². The van der Waals surface area contributed by atoms with Gasteiger partial charge in [0.25, 0.3) is 0 Å². The Hall–Kier alpha value is -2.17. The van der Waals surface area contributed by atoms with E-state index < -0.39 is 9.84 Å². The highest BCUT2D eigenvalue weighted by molar-refractivity contribution is 7.90. The van der Waals surface area contributed by atoms with Gasteiger partial charge in [-0.25, -0.2) is 8.42 Å². The van der Waals surface area contributed by atoms with Gasteiger partial charge in [0.2, 0.25) is 5.91 Å². The van der Waals surface area contributed by atoms with Gasteiger partial charge in [-0.15, -0.1) is 11.3 Å². The molecule has 0 aliphatic carbocycles. The van der Waals surface area contributed by atoms with E-state index in [2.05, 4.69) is 11.4 Å². The lowest BCUT2D eigenvalue weighted by Crippen LogP contribution is -2.15. The van der Waals surface area contributed by atoms with Crippen LogP contribution in [0.1, 0.15) is 34.4 Å². The van der Waals surface area contributed by atoms with E-state index in [0.717, 1.165) is 16.0 Å². The number of carbonyl (C=O) groups excluding carboxylic acids is 1. The van der Waals surface area contributed by atoms with Gasteiger partial charge in [-0.3, -0.25) is 4.79 Å². The maximum absolute atomic E-state index is 12.1. The van der Waals surface area contributed by atoms with Crippen LogP contribution < -0.4 is 5.32 Å². The molecule has 1 amide bonds. The predicted molar refractivity (Wildman–Crippen MR) is 100 cm³/mol. The Labute approximate surface area is 152 Å². The molecule has 7 heteroatoms. The fourth-order valence-electron chi connectivity index (χ4n) is 2.39. The summed E-state index contributed by atoms with van der Waals surface area (Å²) >= 11 is 1.36. The van der Waals surface area contributed by atoms with Gasteiger partial charge in [0.05, 0.1) is 17.1 Å². The average molecular weight is 377 g/mol. The summed E-state index contributed by atoms with van der Waals surface area (Å²) in [4.78, 5) is 13.0. The van der Waals surface area contributed by atoms with Crippen LogP contribution in [0.3, 0.4) is 0 Å². The zero-order valence-electron chi connectivity index (χ0n) is 14.2. The fourth-order valence-corrected chi connectivity index (χ4v) is 4.85. The predicted octanol–water partition coefficient (Wildman–Crippen LogP) is 3.57. The van der Waals surface area contributed by atoms with Crippen molar-refractivity contribution >= 4 is 32.1 Å². The molecule has 1 N–H and O–H groups in total. The van der Waals surface area contributed by atoms with Crippen molar-refractivity contribution in [3.63, 3.8) is 0 Å². The molecule has 0 aliphatic rings. The Kier molecular flexibility index (Phi) is 6.34. The van der Waals surface area contributed by atoms with Crippen LogP contribution in [0.15, 0.2) is 30.3 Å². The topological polar surface area (TPSA) is 87.0 Å². The maximum Gasteiger partial charge on any atom is 0.225 e. The largest absolute Gasteiger partial charge is 0.317 e. The van der Waals surface area contributed by atoms with Crippen LogP contribution in [0.4, 0.5) is 5.00 Å². The molecule has 5 nitrogen and oxygen atoms in total. The third-order valence-corrected chi connectivity index (χ3v) is 6.65. The number of amides is 1. The first-order valence-corrected chi connectivity index (χ1v) is 10.5. The molecular weight excluding hydrogens is 356 g/mol. The lowest BCUT2D eigenvalue weighted by atomic mass is 10.2. The van der Waals surface area contributed by atoms with Gasteiger partial charge in [0, 0.05) is 11.3 Å². The van der Waals surface area contributed by atoms with E-state index in [4.69, 9.17) is 0 Å². The highest BCUT2D eigenvalue weighted by atomic mass is 32.2. The van der Waals surface area contributed by atoms with Crippen molar-refractivity contribution in [1.29, 1.82) is 5.26 Å². The third kappa shape index (κ3) is 5.41. The molecular formula is C18H20N2O3S2. The molecule has 0 atom stereocenters. The number of hydrogen-bond donors (Lipinski definition) is 1. The molecule has 1 aromatic heterocycles. The number of nitrogens with one attached hydrogen (secondary N) is 1. The monoisotopic (exact) mass is 376 g/mol. The Morgan fingerprint density at radius 1 is 1.24 bits per heavy atom. The van der Waals surface area contributed by atoms with Crippen LogP contribution >= 0.6 is 11.3 Å². The summed E-state index contributed by atoms with van der Waals surface area (Å²) in [5, 5.41) is 12.4. The van der Waals surface area contributed by atoms with E-state index in [1.807, 2.05) is 19.9 Å². The highest BCUT2D eigenvalue weighted by Crippen LogP contribution is 2.31. The summed E-state index contributed by atoms with van der Waals surface area (Å²) in [5.41, 5.74) is 2.09. The number of hydrogen-bond acceptors (Lipinski definition) is 5. The Morgan fingerprint density at radius 2 is 1.92 bits per heavy atom. The van der Waals surface area contributed by atoms with Gasteiger partial charge in [-0.05, 0) is 31.4 Å². The quantitative estimate of drug-likeness (QED) is 0.800. The normalized spacial score (nSPS) is 11.1. The van der Waals surface area contributed by atoms with Crippen molar-refractivity contribution in [2.45, 2.75) is 32.4 Å². The second-order valence-corrected chi connectivity index (χ2v) is 9.24. The first kappa shape index (κ1) is 19.2. The SMILES string of the molecule is Cc1sc(NC(=O)CCCS(=O)(=O)Cc2ccccc2)c(C#N)c1C. The van der Waals surface area contributed by atoms with Gasteiger partial charge in [0.15, 0.2) is 9.84 Å². The number of nitriles is 1. The number of carbonyl (C=O) groups is 1. The molecule has 1 aromatic carbocycles. The second kappa shape index (κ2) is 8.28. The van der Waals surface area contributed by atoms with E-state index in [1.165, 1.54) is 11.3 Å². The van der Waals surface area contributed by atoms with E-state index in [-0.39, 0.29) is 30.3 Å². The summed E-state index contributed by atoms with van der Waals surface area (Å²) in [6.45, 7) is 3.74. The van der Waals surface area contributed by atoms with E-state index in [1.54, 1.807) is 24.3 Å². The Balaban J connectivity index is 1.86. The Bertz CT molecular complexity index is 894. The first-order chi connectivity index (χ1) is 11.8. The number of sulfone groups is 1. The van der Waals surface area contributed by atoms with Crippen molar-refractivity contribution in [1.82, 2.24) is 0 Å². The number of anilines is 1. The maximum atomic E-state index is 12.1. The smallest absolute Gasteiger partial charge is 0.225 e. The van der Waals surface area contributed by atoms with E-state index in [9.17, 15) is 18.5 Å². The van der Waals surface area contributed by atoms with Crippen molar-refractivity contribution in [3.05, 3.63) is 51.9 Å². The molecule has 2 aromatic rings. The van der Waals surface area contributed by atoms with Gasteiger partial charge in [0.1, 0.15) is 11.1 Å². The van der Waals surface area contributed by atoms with Crippen molar-refractivity contribution in [3.8, 4) is 6.07 Å². The van der Waals surface area contributed by atoms with Crippen LogP contribution in [0, 0.1) is 25.2 Å². The Morgan fingerprint density at radius 3 is 2.56 bits per heavy atom. The van der Waals surface area contributed by atoms with E-state index in [0.29, 0.717) is 10.6 Å². The fraction of sp³-hybridized carbons (Fsp3) is 0.333. The standard InChI is InChI=1S/C18H20N2O3S2/c1-13-14(2)24-18(16(13)11-19)20-17(21)9-6-10-25(22,23)12-15-7-4-3-5-8-15/h3-5,7-8H,6,9-10,12H2,1-2H3,(H,20,21). The summed E-state index contributed by atoms with van der Waals surface area (Å²) in [7, 11) is -3.25. The van der Waals surface area contributed by atoms with Gasteiger partial charge >= 0.3 is 0 Å². The zero-order chi connectivity index (χ0) is 18.4. The van der Waals surface area contributed by atoms with Gasteiger partial charge in [-0.1, -0.05) is 30.3 Å². The summed E-state index contributed by atoms with van der Waals surface area (Å²) in [6.07, 6.45) is 0.362. The van der Waals surface area contributed by atoms with Crippen molar-refractivity contribution in [2.24, 2.45) is 0 Å². The van der Waals surface area contributed by atoms with Crippen molar-refractivity contribution < 1.29 is 13.2 Å². The molecule has 0 aliphatic heterocycles. The lowest BCUT2D eigenvalue weighted by Gasteiger charge is -2.05. The molecule has 1 heterocycles. The highest BCUT2D eigenvalue weighted by Gasteiger charge is 2.16. The molecule has 0 saturated carbocycles. The van der Waals surface area contributed by atoms with Crippen molar-refractivity contribution in [2.75, 3.05) is 11.1 Å². The molecule has 0 bridgehead atoms. The van der Waals surface area contributed by atoms with Gasteiger partial charge in [-0.2, -0.15) is 5.26 Å². The molecule has 0 spiro atoms. The molecule has 0 radical (unpaired) electrons. The van der Waals surface area contributed by atoms with Crippen LogP contribution in [-0.2, 0) is 20.4 Å². The molecule has 0 saturated heterocycles. The first-order valence-electron chi connectivity index (χ1n) is 7.86. The lowest BCUT2D eigenvalue weighted by molar-refractivity contribution is -0.116. The molecule has 0 fully saturated rings. The third-order valence-electron chi connectivity index (χ3n) is 3.84. The van der Waals surface area contributed by atoms with E-state index >= 15 is 0 Å². The van der Waals surface area contributed by atoms with Crippen LogP contribution in [0.5, 0.6) is 0 Å². The molecule has 2 rings (SSSR count). The number of nitrogens with zero attached hydrogens (tertiary/aromatic N) is 1.